The second kappa shape index (κ2) is 41.9. The number of fused-ring (bicyclic) bond motifs is 25. The van der Waals surface area contributed by atoms with Gasteiger partial charge < -0.3 is 45.2 Å². The Kier molecular flexibility index (Phi) is 30.3. The summed E-state index contributed by atoms with van der Waals surface area (Å²) in [6, 6.07) is 0. The molecule has 0 aliphatic heterocycles. The molecule has 23 nitrogen and oxygen atoms in total. The Labute approximate surface area is 866 Å². The van der Waals surface area contributed by atoms with Crippen LogP contribution in [0, 0.1) is 205 Å². The van der Waals surface area contributed by atoms with Crippen LogP contribution < -0.4 is 0 Å². The Bertz CT molecular complexity index is 5130. The molecule has 5 aromatic rings. The number of methoxy groups -OCH3 is 1. The second-order valence-corrected chi connectivity index (χ2v) is 54.9. The molecule has 20 saturated carbocycles. The van der Waals surface area contributed by atoms with Crippen molar-refractivity contribution < 1.29 is 67.4 Å². The van der Waals surface area contributed by atoms with Gasteiger partial charge >= 0.3 is 0 Å². The number of H-pyrrole nitrogens is 5. The highest BCUT2D eigenvalue weighted by Gasteiger charge is 2.67. The summed E-state index contributed by atoms with van der Waals surface area (Å²) in [7, 11) is 1.70. The fourth-order valence-electron chi connectivity index (χ4n) is 41.8. The molecule has 20 aliphatic carbocycles. The number of hydrogen-bond acceptors (Lipinski definition) is 18. The zero-order valence-corrected chi connectivity index (χ0v) is 89.4. The minimum Gasteiger partial charge on any atom is -0.390 e. The summed E-state index contributed by atoms with van der Waals surface area (Å²) in [4.78, 5) is 96.1. The monoisotopic (exact) mass is 2020 g/mol. The van der Waals surface area contributed by atoms with E-state index in [-0.39, 0.29) is 75.4 Å². The number of Topliss-reactive ketones (excluding diaryl/α,β-unsaturated/α-hetero) is 5. The van der Waals surface area contributed by atoms with Crippen LogP contribution >= 0.6 is 0 Å². The summed E-state index contributed by atoms with van der Waals surface area (Å²) >= 11 is 0. The molecule has 25 rings (SSSR count). The highest BCUT2D eigenvalue weighted by atomic mass is 19.3. The molecular weight excluding hydrogens is 1840 g/mol. The summed E-state index contributed by atoms with van der Waals surface area (Å²) in [5.41, 5.74) is -3.57. The molecule has 5 aromatic heterocycles. The summed E-state index contributed by atoms with van der Waals surface area (Å²) < 4.78 is 45.4. The highest BCUT2D eigenvalue weighted by Crippen LogP contribution is 2.72. The lowest BCUT2D eigenvalue weighted by molar-refractivity contribution is -0.160. The topological polar surface area (TPSA) is 365 Å². The van der Waals surface area contributed by atoms with Crippen molar-refractivity contribution in [3.8, 4) is 0 Å². The summed E-state index contributed by atoms with van der Waals surface area (Å²) in [5.74, 6) is 23.6. The average Bonchev–Trinajstić information content (AvgIpc) is 0.926. The van der Waals surface area contributed by atoms with Crippen LogP contribution in [0.3, 0.4) is 0 Å². The molecule has 10 N–H and O–H groups in total. The number of ketones is 5. The van der Waals surface area contributed by atoms with Gasteiger partial charge in [0, 0.05) is 73.9 Å². The Morgan fingerprint density at radius 2 is 0.610 bits per heavy atom. The van der Waals surface area contributed by atoms with Gasteiger partial charge in [0.05, 0.1) is 61.1 Å². The van der Waals surface area contributed by atoms with E-state index in [9.17, 15) is 62.7 Å². The van der Waals surface area contributed by atoms with E-state index < -0.39 is 41.1 Å². The largest absolute Gasteiger partial charge is 0.390 e. The highest BCUT2D eigenvalue weighted by molar-refractivity contribution is 5.86. The van der Waals surface area contributed by atoms with Crippen molar-refractivity contribution in [3.05, 3.63) is 79.0 Å². The number of hydrogen-bond donors (Lipinski definition) is 10. The molecule has 0 saturated heterocycles. The third-order valence-corrected chi connectivity index (χ3v) is 48.6. The number of imidazole rings is 3. The van der Waals surface area contributed by atoms with E-state index in [2.05, 4.69) is 102 Å². The van der Waals surface area contributed by atoms with Gasteiger partial charge in [-0.15, -0.1) is 0 Å². The van der Waals surface area contributed by atoms with Crippen LogP contribution in [0.5, 0.6) is 0 Å². The van der Waals surface area contributed by atoms with E-state index in [4.69, 9.17) is 4.74 Å². The lowest BCUT2D eigenvalue weighted by Gasteiger charge is -2.57. The van der Waals surface area contributed by atoms with Crippen LogP contribution in [0.15, 0.2) is 49.8 Å². The predicted octanol–water partition coefficient (Wildman–Crippen LogP) is 21.7. The first-order valence-corrected chi connectivity index (χ1v) is 59.2. The molecule has 806 valence electrons. The van der Waals surface area contributed by atoms with E-state index >= 15 is 0 Å². The Hall–Kier alpha value is -6.19. The number of halogens is 3. The molecule has 40 atom stereocenters. The van der Waals surface area contributed by atoms with Gasteiger partial charge in [-0.25, -0.2) is 38.1 Å². The molecular formula is C120H179F3N12O11. The fraction of sp³-hybridized carbons (Fsp3) is 0.850. The van der Waals surface area contributed by atoms with Gasteiger partial charge in [-0.2, -0.15) is 10.2 Å². The van der Waals surface area contributed by atoms with Crippen LogP contribution in [0.2, 0.25) is 0 Å². The number of aromatic amines is 5. The number of carbonyl (C=O) groups is 5. The number of alkyl halides is 3. The lowest BCUT2D eigenvalue weighted by atomic mass is 9.48. The number of aromatic nitrogens is 12. The molecule has 20 fully saturated rings. The van der Waals surface area contributed by atoms with Crippen molar-refractivity contribution in [3.63, 3.8) is 0 Å². The zero-order chi connectivity index (χ0) is 102. The maximum Gasteiger partial charge on any atom is 0.266 e. The summed E-state index contributed by atoms with van der Waals surface area (Å²) in [6.45, 7) is 16.1. The van der Waals surface area contributed by atoms with Crippen molar-refractivity contribution >= 4 is 28.9 Å². The van der Waals surface area contributed by atoms with E-state index in [1.807, 2.05) is 13.1 Å². The zero-order valence-electron chi connectivity index (χ0n) is 89.4. The lowest BCUT2D eigenvalue weighted by Crippen LogP contribution is -2.53. The Morgan fingerprint density at radius 1 is 0.329 bits per heavy atom. The second-order valence-electron chi connectivity index (χ2n) is 54.9. The fourth-order valence-corrected chi connectivity index (χ4v) is 41.8. The van der Waals surface area contributed by atoms with Gasteiger partial charge in [0.25, 0.3) is 6.43 Å². The molecule has 0 unspecified atom stereocenters. The van der Waals surface area contributed by atoms with E-state index in [1.54, 1.807) is 38.1 Å². The molecule has 0 aromatic carbocycles. The molecule has 0 radical (unpaired) electrons. The first-order valence-electron chi connectivity index (χ1n) is 59.2. The average molecular weight is 2020 g/mol. The molecule has 0 spiro atoms. The van der Waals surface area contributed by atoms with Crippen LogP contribution in [0.4, 0.5) is 13.2 Å². The van der Waals surface area contributed by atoms with Gasteiger partial charge in [0.15, 0.2) is 0 Å². The number of nitrogens with one attached hydrogen (secondary N) is 5. The molecule has 5 heterocycles. The van der Waals surface area contributed by atoms with Crippen molar-refractivity contribution in [1.82, 2.24) is 60.3 Å². The third-order valence-electron chi connectivity index (χ3n) is 48.6. The number of carbonyl (C=O) groups excluding carboxylic acids is 5. The minimum absolute atomic E-state index is 0.0655. The van der Waals surface area contributed by atoms with Gasteiger partial charge in [-0.1, -0.05) is 41.5 Å². The molecule has 20 aliphatic rings. The molecule has 0 amide bonds. The van der Waals surface area contributed by atoms with Gasteiger partial charge in [0.1, 0.15) is 83.0 Å². The van der Waals surface area contributed by atoms with Crippen molar-refractivity contribution in [2.45, 2.75) is 410 Å². The molecule has 0 bridgehead atoms. The predicted molar refractivity (Wildman–Crippen MR) is 550 cm³/mol. The summed E-state index contributed by atoms with van der Waals surface area (Å²) in [5, 5.41) is 66.7. The van der Waals surface area contributed by atoms with Crippen LogP contribution in [-0.2, 0) is 60.8 Å². The van der Waals surface area contributed by atoms with Crippen molar-refractivity contribution in [2.24, 2.45) is 205 Å². The van der Waals surface area contributed by atoms with Crippen molar-refractivity contribution in [1.29, 1.82) is 0 Å². The van der Waals surface area contributed by atoms with E-state index in [0.717, 1.165) is 230 Å². The van der Waals surface area contributed by atoms with Crippen LogP contribution in [0.1, 0.15) is 373 Å². The molecule has 146 heavy (non-hydrogen) atoms. The van der Waals surface area contributed by atoms with Gasteiger partial charge in [-0.3, -0.25) is 34.2 Å². The number of rotatable bonds is 20. The van der Waals surface area contributed by atoms with Crippen LogP contribution in [0.25, 0.3) is 0 Å². The maximum atomic E-state index is 13.4. The van der Waals surface area contributed by atoms with E-state index in [0.29, 0.717) is 163 Å². The van der Waals surface area contributed by atoms with Crippen LogP contribution in [-0.4, -0.2) is 170 Å². The first-order chi connectivity index (χ1) is 70.0. The third kappa shape index (κ3) is 19.9. The maximum absolute atomic E-state index is 13.4. The number of aliphatic hydroxyl groups is 5. The minimum atomic E-state index is -2.64. The first kappa shape index (κ1) is 105. The quantitative estimate of drug-likeness (QED) is 0.0346. The smallest absolute Gasteiger partial charge is 0.266 e. The SMILES string of the molecule is CC[C@@]1(O)CC[C@H]2[C@H](CC[C@@H]3[C@@H]2CC[C@]2(C)[C@@H](C(=O)Cc4ncn[nH]4)CC[C@@H]32)C1.COC[C@@]1(O)CC[C@H]2[C@H](CC[C@@H]3[C@@H]2CC[C@]2(C)[C@@H](C(=O)Cc4ncc[nH]4)CC[C@@H]32)C1.C[C@@]1(O)CC[C@H]2[C@H](CC[C@@H]3[C@@H]2CC[C@]2(C)[C@@H](C(=O)Cc4ncn[nH]4)CC[C@@H]32)C1.C[C@]12CC[C@H]3[C@@H](CC[C@@H]4C[C@@](O)(C(F)F)CC[C@@H]43)[C@@H]1CC[C@@H]2C(=O)Cc1ncc[nH]1.C[C@]12CC[C@H]3[C@@H](CC[C@@H]4C[C@@](O)(CF)CC[C@@H]43)[C@@H]1CC[C@@H]2C(=O)Cc1ncc[nH]1. The summed E-state index contributed by atoms with van der Waals surface area (Å²) in [6.07, 6.45) is 61.9. The standard InChI is InChI=1S/C25H38N2O3.C24H34F2N2O2.C24H35FN2O2.C24H37N3O2.C23H35N3O2/c1-24-9-7-18-17-8-10-25(29,15-30-2)14-16(17)3-4-19(18)20(24)5-6-21(24)22(28)13-23-26-11-12-27-23;1-23-8-6-16-15-7-9-24(30,22(25)26)13-14(15)2-3-17(16)18(23)4-5-19(23)20(29)12-21-27-10-11-28-21;1-23-8-6-17-16-7-9-24(29,14-25)13-15(16)2-3-18(17)19(23)4-5-20(23)21(28)12-22-26-10-11-27-22;1-3-24(29)11-9-16-15(13-24)4-5-18-17(16)8-10-23(2)19(18)6-7-20(23)21(28)12-22-25-14-26-27-22;1-22(28)9-7-15-14(12-22)3-4-17-16(15)8-10-23(2)18(17)5-6-19(23)20(27)11-21-24-13-25-26-21/h11-12,16-21,29H,3-10,13-15H2,1-2H3,(H,26,27);10-11,14-19,22,30H,2-9,12-13H2,1H3,(H,27,28);10-11,15-20,29H,2-9,12-14H2,1H3,(H,26,27);14-20,29H,3-13H2,1-2H3,(H,25,26,27);13-19,28H,3-12H2,1-2H3,(H,24,25,26)/t16-,17+,18-,19-,20+,21-,24+,25-;14-,15+,16-,17-,18+,19-,23+,24-;2*15-,16+,17-,18-,19+,20-,23+,24-;14-,15+,16-,17-,18+,19-,22-,23+/m11111/s1. The molecule has 26 heteroatoms. The number of nitrogens with zero attached hydrogens (tertiary/aromatic N) is 7. The Morgan fingerprint density at radius 3 is 0.904 bits per heavy atom. The van der Waals surface area contributed by atoms with Gasteiger partial charge in [-0.05, 0) is 477 Å². The number of ether oxygens (including phenoxy) is 1. The van der Waals surface area contributed by atoms with Gasteiger partial charge in [0.2, 0.25) is 0 Å². The van der Waals surface area contributed by atoms with Crippen molar-refractivity contribution in [2.75, 3.05) is 20.4 Å². The van der Waals surface area contributed by atoms with E-state index in [1.165, 1.54) is 141 Å². The Balaban J connectivity index is 0.000000107. The normalized spacial score (nSPS) is 46.4.